The summed E-state index contributed by atoms with van der Waals surface area (Å²) in [7, 11) is 3.42. The van der Waals surface area contributed by atoms with E-state index in [2.05, 4.69) is 45.5 Å². The highest BCUT2D eigenvalue weighted by molar-refractivity contribution is 5.95. The molecule has 14 heteroatoms. The second-order valence-corrected chi connectivity index (χ2v) is 12.6. The van der Waals surface area contributed by atoms with Crippen LogP contribution in [0, 0.1) is 0 Å². The zero-order valence-corrected chi connectivity index (χ0v) is 29.9. The number of fused-ring (bicyclic) bond motifs is 4. The third-order valence-electron chi connectivity index (χ3n) is 9.00. The molecule has 0 atom stereocenters. The smallest absolute Gasteiger partial charge is 0.424 e. The summed E-state index contributed by atoms with van der Waals surface area (Å²) >= 11 is 0. The number of nitrogens with zero attached hydrogens (tertiary/aromatic N) is 3. The minimum Gasteiger partial charge on any atom is -0.447 e. The largest absolute Gasteiger partial charge is 0.447 e. The summed E-state index contributed by atoms with van der Waals surface area (Å²) in [6.45, 7) is 3.88. The average Bonchev–Trinajstić information content (AvgIpc) is 3.67. The molecular weight excluding hydrogens is 711 g/mol. The molecule has 0 unspecified atom stereocenters. The van der Waals surface area contributed by atoms with Gasteiger partial charge in [-0.25, -0.2) is 32.4 Å². The van der Waals surface area contributed by atoms with Gasteiger partial charge in [-0.1, -0.05) is 62.0 Å². The zero-order valence-electron chi connectivity index (χ0n) is 29.9. The number of alkyl halides is 1. The van der Waals surface area contributed by atoms with Crippen molar-refractivity contribution in [2.24, 2.45) is 0 Å². The van der Waals surface area contributed by atoms with Crippen LogP contribution in [0.4, 0.5) is 32.4 Å². The Kier molecular flexibility index (Phi) is 12.7. The number of allylic oxidation sites excluding steroid dienone is 5. The van der Waals surface area contributed by atoms with Gasteiger partial charge >= 0.3 is 12.1 Å². The molecule has 0 spiro atoms. The van der Waals surface area contributed by atoms with Crippen LogP contribution in [-0.2, 0) is 32.2 Å². The third kappa shape index (κ3) is 8.71. The summed E-state index contributed by atoms with van der Waals surface area (Å²) in [6, 6.07) is 23.4. The SMILES string of the molecule is C=C(F)/C(F)=C(F)\C(F)=C(/CF)OC(=O)CCC(=O)Nc1ccc2c(c1)cc(CN(C)N(C)C(=O)OCC1c3ccccc3-c3ccccc31)n2CCC. The number of amides is 2. The number of nitrogens with one attached hydrogen (secondary N) is 1. The number of aryl methyl sites for hydroxylation is 1. The molecule has 1 aliphatic rings. The monoisotopic (exact) mass is 750 g/mol. The van der Waals surface area contributed by atoms with Gasteiger partial charge in [0.25, 0.3) is 0 Å². The summed E-state index contributed by atoms with van der Waals surface area (Å²) in [6.07, 6.45) is -0.811. The van der Waals surface area contributed by atoms with Crippen LogP contribution in [0.1, 0.15) is 48.9 Å². The minimum atomic E-state index is -2.42. The van der Waals surface area contributed by atoms with E-state index in [0.717, 1.165) is 45.3 Å². The van der Waals surface area contributed by atoms with Crippen molar-refractivity contribution >= 4 is 34.6 Å². The van der Waals surface area contributed by atoms with E-state index in [1.807, 2.05) is 43.3 Å². The van der Waals surface area contributed by atoms with Crippen molar-refractivity contribution in [1.29, 1.82) is 0 Å². The molecule has 54 heavy (non-hydrogen) atoms. The molecule has 1 aromatic heterocycles. The van der Waals surface area contributed by atoms with Gasteiger partial charge in [0.2, 0.25) is 17.6 Å². The maximum atomic E-state index is 14.0. The molecule has 5 rings (SSSR count). The highest BCUT2D eigenvalue weighted by Crippen LogP contribution is 2.44. The number of esters is 1. The molecule has 9 nitrogen and oxygen atoms in total. The first-order valence-corrected chi connectivity index (χ1v) is 17.1. The summed E-state index contributed by atoms with van der Waals surface area (Å²) < 4.78 is 79.3. The highest BCUT2D eigenvalue weighted by Gasteiger charge is 2.30. The fourth-order valence-electron chi connectivity index (χ4n) is 6.29. The first-order valence-electron chi connectivity index (χ1n) is 17.1. The molecule has 0 radical (unpaired) electrons. The van der Waals surface area contributed by atoms with Gasteiger partial charge in [-0.05, 0) is 52.9 Å². The lowest BCUT2D eigenvalue weighted by atomic mass is 9.98. The van der Waals surface area contributed by atoms with Gasteiger partial charge in [-0.15, -0.1) is 0 Å². The van der Waals surface area contributed by atoms with E-state index in [4.69, 9.17) is 4.74 Å². The van der Waals surface area contributed by atoms with E-state index in [9.17, 15) is 36.3 Å². The standard InChI is InChI=1S/C40H39F5N4O5/c1-5-18-49-27(22-47(3)48(4)40(52)53-23-32-30-12-8-6-10-28(30)29-11-7-9-13-31(29)32)20-25-19-26(14-15-33(25)49)46-35(50)16-17-36(51)54-34(21-41)38(44)39(45)37(43)24(2)42/h6-15,19-20,32H,2,5,16-18,21-23H2,1,3-4H3,(H,46,50)/b38-34-,39-37-. The van der Waals surface area contributed by atoms with Crippen molar-refractivity contribution in [1.82, 2.24) is 14.6 Å². The van der Waals surface area contributed by atoms with Crippen molar-refractivity contribution in [3.63, 3.8) is 0 Å². The number of benzene rings is 3. The topological polar surface area (TPSA) is 93.1 Å². The van der Waals surface area contributed by atoms with Crippen LogP contribution in [0.2, 0.25) is 0 Å². The normalized spacial score (nSPS) is 13.2. The van der Waals surface area contributed by atoms with Gasteiger partial charge < -0.3 is 19.4 Å². The van der Waals surface area contributed by atoms with Crippen LogP contribution in [0.3, 0.4) is 0 Å². The molecular formula is C40H39F5N4O5. The lowest BCUT2D eigenvalue weighted by Gasteiger charge is -2.28. The van der Waals surface area contributed by atoms with Crippen LogP contribution >= 0.6 is 0 Å². The second kappa shape index (κ2) is 17.4. The highest BCUT2D eigenvalue weighted by atomic mass is 19.2. The van der Waals surface area contributed by atoms with Crippen molar-refractivity contribution in [3.8, 4) is 11.1 Å². The first-order chi connectivity index (χ1) is 25.8. The number of aromatic nitrogens is 1. The maximum absolute atomic E-state index is 14.0. The molecule has 1 heterocycles. The van der Waals surface area contributed by atoms with Crippen molar-refractivity contribution in [3.05, 3.63) is 125 Å². The van der Waals surface area contributed by atoms with Crippen molar-refractivity contribution < 1.29 is 45.8 Å². The number of anilines is 1. The average molecular weight is 751 g/mol. The van der Waals surface area contributed by atoms with Gasteiger partial charge in [0.05, 0.1) is 13.0 Å². The summed E-state index contributed by atoms with van der Waals surface area (Å²) in [5, 5.41) is 6.60. The Morgan fingerprint density at radius 1 is 0.870 bits per heavy atom. The van der Waals surface area contributed by atoms with Crippen LogP contribution in [0.5, 0.6) is 0 Å². The lowest BCUT2D eigenvalue weighted by Crippen LogP contribution is -2.41. The number of hydrogen-bond acceptors (Lipinski definition) is 6. The Morgan fingerprint density at radius 3 is 2.13 bits per heavy atom. The van der Waals surface area contributed by atoms with E-state index in [0.29, 0.717) is 18.8 Å². The Labute approximate surface area is 308 Å². The Hall–Kier alpha value is -5.76. The number of ether oxygens (including phenoxy) is 2. The molecule has 1 N–H and O–H groups in total. The van der Waals surface area contributed by atoms with Gasteiger partial charge in [0.15, 0.2) is 24.1 Å². The van der Waals surface area contributed by atoms with Crippen LogP contribution in [0.25, 0.3) is 22.0 Å². The molecule has 0 saturated heterocycles. The summed E-state index contributed by atoms with van der Waals surface area (Å²) in [5.41, 5.74) is 6.68. The number of hydrogen-bond donors (Lipinski definition) is 1. The number of halogens is 5. The molecule has 0 bridgehead atoms. The van der Waals surface area contributed by atoms with E-state index in [1.54, 1.807) is 31.2 Å². The number of carbonyl (C=O) groups is 3. The van der Waals surface area contributed by atoms with Crippen LogP contribution < -0.4 is 5.32 Å². The lowest BCUT2D eigenvalue weighted by molar-refractivity contribution is -0.141. The Balaban J connectivity index is 1.20. The van der Waals surface area contributed by atoms with Crippen LogP contribution in [-0.4, -0.2) is 59.9 Å². The van der Waals surface area contributed by atoms with Crippen molar-refractivity contribution in [2.45, 2.75) is 45.2 Å². The fourth-order valence-corrected chi connectivity index (χ4v) is 6.29. The number of rotatable bonds is 15. The molecule has 0 aliphatic heterocycles. The second-order valence-electron chi connectivity index (χ2n) is 12.6. The molecule has 4 aromatic rings. The molecule has 0 saturated carbocycles. The predicted octanol–water partition coefficient (Wildman–Crippen LogP) is 9.33. The van der Waals surface area contributed by atoms with E-state index >= 15 is 0 Å². The Morgan fingerprint density at radius 2 is 1.52 bits per heavy atom. The fraction of sp³-hybridized carbons (Fsp3) is 0.275. The third-order valence-corrected chi connectivity index (χ3v) is 9.00. The number of carbonyl (C=O) groups excluding carboxylic acids is 3. The van der Waals surface area contributed by atoms with Gasteiger partial charge in [0, 0.05) is 55.3 Å². The summed E-state index contributed by atoms with van der Waals surface area (Å²) in [5.74, 6) is -12.4. The van der Waals surface area contributed by atoms with E-state index in [-0.39, 0.29) is 12.5 Å². The first kappa shape index (κ1) is 39.4. The van der Waals surface area contributed by atoms with Crippen LogP contribution in [0.15, 0.2) is 108 Å². The molecule has 0 fully saturated rings. The van der Waals surface area contributed by atoms with Gasteiger partial charge in [0.1, 0.15) is 6.61 Å². The van der Waals surface area contributed by atoms with E-state index < -0.39 is 66.6 Å². The van der Waals surface area contributed by atoms with Gasteiger partial charge in [-0.3, -0.25) is 9.59 Å². The zero-order chi connectivity index (χ0) is 39.1. The Bertz CT molecular complexity index is 2100. The predicted molar refractivity (Wildman–Crippen MR) is 194 cm³/mol. The molecule has 1 aliphatic carbocycles. The number of hydrazine groups is 1. The quantitative estimate of drug-likeness (QED) is 0.0428. The molecule has 3 aromatic carbocycles. The van der Waals surface area contributed by atoms with Gasteiger partial charge in [-0.2, -0.15) is 4.39 Å². The summed E-state index contributed by atoms with van der Waals surface area (Å²) in [4.78, 5) is 38.0. The molecule has 2 amide bonds. The van der Waals surface area contributed by atoms with Crippen molar-refractivity contribution in [2.75, 3.05) is 32.7 Å². The molecule has 284 valence electrons. The minimum absolute atomic E-state index is 0.0760. The van der Waals surface area contributed by atoms with E-state index in [1.165, 1.54) is 5.01 Å². The maximum Gasteiger partial charge on any atom is 0.424 e.